The molecule has 1 aromatic heterocycles. The summed E-state index contributed by atoms with van der Waals surface area (Å²) in [6.45, 7) is 0. The van der Waals surface area contributed by atoms with Gasteiger partial charge in [-0.3, -0.25) is 0 Å². The Morgan fingerprint density at radius 1 is 0.226 bits per heavy atom. The number of para-hydroxylation sites is 2. The molecule has 0 aliphatic rings. The fourth-order valence-electron chi connectivity index (χ4n) is 8.73. The van der Waals surface area contributed by atoms with Crippen LogP contribution in [0.25, 0.3) is 88.7 Å². The maximum absolute atomic E-state index is 6.75. The van der Waals surface area contributed by atoms with E-state index in [9.17, 15) is 0 Å². The zero-order chi connectivity index (χ0) is 41.2. The van der Waals surface area contributed by atoms with Gasteiger partial charge in [0.15, 0.2) is 0 Å². The van der Waals surface area contributed by atoms with E-state index in [4.69, 9.17) is 4.42 Å². The number of hydrogen-bond donors (Lipinski definition) is 0. The second-order valence-corrected chi connectivity index (χ2v) is 15.7. The minimum Gasteiger partial charge on any atom is -0.455 e. The Morgan fingerprint density at radius 2 is 0.532 bits per heavy atom. The number of anilines is 3. The van der Waals surface area contributed by atoms with Gasteiger partial charge in [-0.25, -0.2) is 0 Å². The molecule has 292 valence electrons. The minimum absolute atomic E-state index is 0.911. The van der Waals surface area contributed by atoms with E-state index in [1.165, 1.54) is 38.9 Å². The molecule has 0 amide bonds. The molecule has 2 nitrogen and oxygen atoms in total. The van der Waals surface area contributed by atoms with Crippen LogP contribution in [0.15, 0.2) is 253 Å². The molecule has 0 bridgehead atoms. The van der Waals surface area contributed by atoms with Crippen LogP contribution in [0.4, 0.5) is 17.1 Å². The van der Waals surface area contributed by atoms with Crippen molar-refractivity contribution >= 4 is 39.0 Å². The SMILES string of the molecule is c1ccc(-c2ccc(N(c3ccc(-c4ccccc4)cc3)c3ccc(-c4ccc(-c5cccc(-c6cccc7c6oc6c(-c8ccccc8)cccc67)c5)cc4)cc3)cc2)cc1. The predicted octanol–water partition coefficient (Wildman–Crippen LogP) is 17.1. The molecule has 0 radical (unpaired) electrons. The lowest BCUT2D eigenvalue weighted by atomic mass is 9.96. The highest BCUT2D eigenvalue weighted by Crippen LogP contribution is 2.41. The van der Waals surface area contributed by atoms with Crippen LogP contribution in [0.5, 0.6) is 0 Å². The molecule has 0 aliphatic heterocycles. The largest absolute Gasteiger partial charge is 0.455 e. The monoisotopic (exact) mass is 791 g/mol. The van der Waals surface area contributed by atoms with E-state index in [-0.39, 0.29) is 0 Å². The van der Waals surface area contributed by atoms with Gasteiger partial charge in [0.2, 0.25) is 0 Å². The van der Waals surface area contributed by atoms with Gasteiger partial charge in [-0.1, -0.05) is 206 Å². The van der Waals surface area contributed by atoms with Gasteiger partial charge < -0.3 is 9.32 Å². The topological polar surface area (TPSA) is 16.4 Å². The number of benzene rings is 10. The van der Waals surface area contributed by atoms with Gasteiger partial charge in [0.05, 0.1) is 0 Å². The third-order valence-electron chi connectivity index (χ3n) is 11.9. The Bertz CT molecular complexity index is 3200. The van der Waals surface area contributed by atoms with Crippen molar-refractivity contribution < 1.29 is 4.42 Å². The van der Waals surface area contributed by atoms with Crippen LogP contribution in [0.1, 0.15) is 0 Å². The Kier molecular flexibility index (Phi) is 9.57. The zero-order valence-electron chi connectivity index (χ0n) is 34.0. The average Bonchev–Trinajstić information content (AvgIpc) is 3.75. The summed E-state index contributed by atoms with van der Waals surface area (Å²) in [5.74, 6) is 0. The number of furan rings is 1. The summed E-state index contributed by atoms with van der Waals surface area (Å²) in [6.07, 6.45) is 0. The number of fused-ring (bicyclic) bond motifs is 3. The molecule has 0 aliphatic carbocycles. The van der Waals surface area contributed by atoms with Crippen molar-refractivity contribution in [2.45, 2.75) is 0 Å². The Morgan fingerprint density at radius 3 is 0.968 bits per heavy atom. The van der Waals surface area contributed by atoms with E-state index in [0.29, 0.717) is 0 Å². The number of nitrogens with zero attached hydrogens (tertiary/aromatic N) is 1. The maximum atomic E-state index is 6.75. The first-order valence-electron chi connectivity index (χ1n) is 21.2. The van der Waals surface area contributed by atoms with E-state index in [1.54, 1.807) is 0 Å². The lowest BCUT2D eigenvalue weighted by molar-refractivity contribution is 0.671. The molecule has 0 saturated carbocycles. The quantitative estimate of drug-likeness (QED) is 0.145. The van der Waals surface area contributed by atoms with Crippen molar-refractivity contribution in [3.05, 3.63) is 249 Å². The Hall–Kier alpha value is -8.20. The predicted molar refractivity (Wildman–Crippen MR) is 261 cm³/mol. The molecule has 0 fully saturated rings. The van der Waals surface area contributed by atoms with E-state index in [1.807, 2.05) is 6.07 Å². The number of hydrogen-bond acceptors (Lipinski definition) is 2. The molecule has 0 N–H and O–H groups in total. The van der Waals surface area contributed by atoms with Gasteiger partial charge >= 0.3 is 0 Å². The fraction of sp³-hybridized carbons (Fsp3) is 0. The van der Waals surface area contributed by atoms with Crippen molar-refractivity contribution in [2.75, 3.05) is 4.90 Å². The lowest BCUT2D eigenvalue weighted by Gasteiger charge is -2.26. The van der Waals surface area contributed by atoms with Crippen LogP contribution in [0.3, 0.4) is 0 Å². The molecular weight excluding hydrogens is 751 g/mol. The summed E-state index contributed by atoms with van der Waals surface area (Å²) in [7, 11) is 0. The van der Waals surface area contributed by atoms with Gasteiger partial charge in [0.1, 0.15) is 11.2 Å². The second-order valence-electron chi connectivity index (χ2n) is 15.7. The Labute approximate surface area is 362 Å². The molecule has 10 aromatic carbocycles. The van der Waals surface area contributed by atoms with Gasteiger partial charge in [-0.15, -0.1) is 0 Å². The molecule has 0 atom stereocenters. The normalized spacial score (nSPS) is 11.2. The van der Waals surface area contributed by atoms with E-state index < -0.39 is 0 Å². The number of rotatable bonds is 9. The fourth-order valence-corrected chi connectivity index (χ4v) is 8.73. The third-order valence-corrected chi connectivity index (χ3v) is 11.9. The van der Waals surface area contributed by atoms with E-state index in [0.717, 1.165) is 66.8 Å². The molecule has 0 unspecified atom stereocenters. The van der Waals surface area contributed by atoms with E-state index >= 15 is 0 Å². The molecule has 2 heteroatoms. The summed E-state index contributed by atoms with van der Waals surface area (Å²) in [5, 5.41) is 2.26. The van der Waals surface area contributed by atoms with E-state index in [2.05, 4.69) is 248 Å². The van der Waals surface area contributed by atoms with Crippen LogP contribution in [0.2, 0.25) is 0 Å². The highest BCUT2D eigenvalue weighted by atomic mass is 16.3. The summed E-state index contributed by atoms with van der Waals surface area (Å²) < 4.78 is 6.75. The van der Waals surface area contributed by atoms with Gasteiger partial charge in [-0.2, -0.15) is 0 Å². The molecule has 0 spiro atoms. The third kappa shape index (κ3) is 7.04. The lowest BCUT2D eigenvalue weighted by Crippen LogP contribution is -2.09. The molecule has 11 rings (SSSR count). The second kappa shape index (κ2) is 16.1. The molecule has 0 saturated heterocycles. The molecule has 11 aromatic rings. The van der Waals surface area contributed by atoms with Crippen LogP contribution in [0, 0.1) is 0 Å². The van der Waals surface area contributed by atoms with Crippen molar-refractivity contribution in [3.63, 3.8) is 0 Å². The first-order chi connectivity index (χ1) is 30.7. The van der Waals surface area contributed by atoms with Crippen LogP contribution in [-0.4, -0.2) is 0 Å². The highest BCUT2D eigenvalue weighted by Gasteiger charge is 2.17. The first-order valence-corrected chi connectivity index (χ1v) is 21.2. The molecular formula is C60H41NO. The van der Waals surface area contributed by atoms with Crippen LogP contribution in [-0.2, 0) is 0 Å². The van der Waals surface area contributed by atoms with Gasteiger partial charge in [0, 0.05) is 39.0 Å². The standard InChI is InChI=1S/C60H41NO/c1-4-13-42(14-5-1)45-29-35-52(36-30-45)61(53-37-31-46(32-38-53)43-15-6-2-7-16-43)54-39-33-47(34-40-54)44-25-27-48(28-26-44)50-19-10-20-51(41-50)56-22-12-24-58-57-23-11-21-55(59(57)62-60(56)58)49-17-8-3-9-18-49/h1-41H. The molecule has 1 heterocycles. The van der Waals surface area contributed by atoms with Crippen molar-refractivity contribution in [3.8, 4) is 66.8 Å². The Balaban J connectivity index is 0.883. The van der Waals surface area contributed by atoms with Crippen molar-refractivity contribution in [1.82, 2.24) is 0 Å². The average molecular weight is 792 g/mol. The maximum Gasteiger partial charge on any atom is 0.143 e. The minimum atomic E-state index is 0.911. The van der Waals surface area contributed by atoms with Gasteiger partial charge in [0.25, 0.3) is 0 Å². The summed E-state index contributed by atoms with van der Waals surface area (Å²) in [4.78, 5) is 2.33. The zero-order valence-corrected chi connectivity index (χ0v) is 34.0. The molecule has 62 heavy (non-hydrogen) atoms. The van der Waals surface area contributed by atoms with Crippen molar-refractivity contribution in [2.24, 2.45) is 0 Å². The highest BCUT2D eigenvalue weighted by molar-refractivity contribution is 6.13. The van der Waals surface area contributed by atoms with Crippen molar-refractivity contribution in [1.29, 1.82) is 0 Å². The van der Waals surface area contributed by atoms with Crippen LogP contribution >= 0.6 is 0 Å². The van der Waals surface area contributed by atoms with Crippen LogP contribution < -0.4 is 4.90 Å². The smallest absolute Gasteiger partial charge is 0.143 e. The summed E-state index contributed by atoms with van der Waals surface area (Å²) in [5.41, 5.74) is 19.1. The van der Waals surface area contributed by atoms with Gasteiger partial charge in [-0.05, 0) is 98.1 Å². The summed E-state index contributed by atoms with van der Waals surface area (Å²) in [6, 6.07) is 88.8. The summed E-state index contributed by atoms with van der Waals surface area (Å²) >= 11 is 0. The first kappa shape index (κ1) is 36.8.